The summed E-state index contributed by atoms with van der Waals surface area (Å²) in [6.07, 6.45) is -1.03. The predicted octanol–water partition coefficient (Wildman–Crippen LogP) is 5.31. The molecular weight excluding hydrogens is 421 g/mol. The quantitative estimate of drug-likeness (QED) is 0.528. The molecule has 10 heteroatoms. The van der Waals surface area contributed by atoms with E-state index in [1.807, 2.05) is 0 Å². The second kappa shape index (κ2) is 8.42. The Morgan fingerprint density at radius 1 is 1.28 bits per heavy atom. The van der Waals surface area contributed by atoms with Crippen molar-refractivity contribution in [3.05, 3.63) is 52.7 Å². The van der Waals surface area contributed by atoms with Gasteiger partial charge < -0.3 is 11.1 Å². The van der Waals surface area contributed by atoms with Crippen LogP contribution in [0.3, 0.4) is 0 Å². The molecule has 3 N–H and O–H groups in total. The van der Waals surface area contributed by atoms with E-state index in [1.165, 1.54) is 0 Å². The summed E-state index contributed by atoms with van der Waals surface area (Å²) in [5.41, 5.74) is 8.53. The van der Waals surface area contributed by atoms with E-state index in [9.17, 15) is 18.0 Å². The van der Waals surface area contributed by atoms with Crippen LogP contribution in [0.2, 0.25) is 0 Å². The normalized spacial score (nSPS) is 11.5. The predicted molar refractivity (Wildman–Crippen MR) is 110 cm³/mol. The smallest absolute Gasteiger partial charge is 0.382 e. The van der Waals surface area contributed by atoms with Crippen LogP contribution >= 0.6 is 23.1 Å². The molecule has 0 aliphatic carbocycles. The number of benzene rings is 1. The molecule has 3 aromatic rings. The zero-order chi connectivity index (χ0) is 21.2. The maximum Gasteiger partial charge on any atom is 0.398 e. The number of halogens is 3. The first-order chi connectivity index (χ1) is 13.6. The van der Waals surface area contributed by atoms with Gasteiger partial charge in [0.05, 0.1) is 5.75 Å². The molecule has 0 unspecified atom stereocenters. The maximum atomic E-state index is 12.7. The number of anilines is 2. The van der Waals surface area contributed by atoms with Crippen molar-refractivity contribution in [2.45, 2.75) is 24.9 Å². The highest BCUT2D eigenvalue weighted by atomic mass is 32.2. The van der Waals surface area contributed by atoms with Gasteiger partial charge in [-0.3, -0.25) is 9.78 Å². The van der Waals surface area contributed by atoms with E-state index in [2.05, 4.69) is 15.3 Å². The number of nitrogens with zero attached hydrogens (tertiary/aromatic N) is 2. The van der Waals surface area contributed by atoms with E-state index in [1.54, 1.807) is 50.5 Å². The summed E-state index contributed by atoms with van der Waals surface area (Å²) in [5, 5.41) is 3.30. The number of aromatic nitrogens is 2. The zero-order valence-corrected chi connectivity index (χ0v) is 17.1. The molecule has 2 heterocycles. The molecule has 0 aliphatic rings. The van der Waals surface area contributed by atoms with Crippen molar-refractivity contribution in [1.82, 2.24) is 9.97 Å². The van der Waals surface area contributed by atoms with Crippen LogP contribution in [0.1, 0.15) is 20.8 Å². The highest BCUT2D eigenvalue weighted by molar-refractivity contribution is 7.99. The summed E-state index contributed by atoms with van der Waals surface area (Å²) in [5.74, 6) is -1.38. The second-order valence-corrected chi connectivity index (χ2v) is 8.28. The average Bonchev–Trinajstić information content (AvgIpc) is 3.05. The van der Waals surface area contributed by atoms with Crippen molar-refractivity contribution in [1.29, 1.82) is 0 Å². The number of hydrogen-bond donors (Lipinski definition) is 2. The Labute approximate surface area is 173 Å². The highest BCUT2D eigenvalue weighted by Gasteiger charge is 2.27. The van der Waals surface area contributed by atoms with Crippen LogP contribution in [0.4, 0.5) is 24.7 Å². The lowest BCUT2D eigenvalue weighted by atomic mass is 10.1. The van der Waals surface area contributed by atoms with Crippen LogP contribution in [0.5, 0.6) is 0 Å². The number of thioether (sulfide) groups is 1. The SMILES string of the molecule is Cc1cc(C)c(SCC(F)(F)F)cc1NC(=O)c1sc(-c2cccnc2)nc1N. The minimum Gasteiger partial charge on any atom is -0.382 e. The van der Waals surface area contributed by atoms with Crippen molar-refractivity contribution in [2.75, 3.05) is 16.8 Å². The lowest BCUT2D eigenvalue weighted by Crippen LogP contribution is -2.14. The maximum absolute atomic E-state index is 12.7. The van der Waals surface area contributed by atoms with E-state index >= 15 is 0 Å². The van der Waals surface area contributed by atoms with Crippen LogP contribution in [-0.4, -0.2) is 27.8 Å². The monoisotopic (exact) mass is 438 g/mol. The molecule has 29 heavy (non-hydrogen) atoms. The third-order valence-electron chi connectivity index (χ3n) is 3.93. The number of pyridine rings is 1. The van der Waals surface area contributed by atoms with Crippen molar-refractivity contribution in [3.8, 4) is 10.6 Å². The van der Waals surface area contributed by atoms with E-state index in [0.29, 0.717) is 32.9 Å². The lowest BCUT2D eigenvalue weighted by Gasteiger charge is -2.13. The Balaban J connectivity index is 1.83. The summed E-state index contributed by atoms with van der Waals surface area (Å²) in [6.45, 7) is 3.51. The van der Waals surface area contributed by atoms with E-state index in [0.717, 1.165) is 22.5 Å². The number of thiazole rings is 1. The van der Waals surface area contributed by atoms with Crippen LogP contribution in [0, 0.1) is 13.8 Å². The lowest BCUT2D eigenvalue weighted by molar-refractivity contribution is -0.105. The molecule has 152 valence electrons. The van der Waals surface area contributed by atoms with Gasteiger partial charge >= 0.3 is 6.18 Å². The topological polar surface area (TPSA) is 80.9 Å². The van der Waals surface area contributed by atoms with Gasteiger partial charge in [0.25, 0.3) is 5.91 Å². The van der Waals surface area contributed by atoms with E-state index in [-0.39, 0.29) is 10.7 Å². The number of hydrogen-bond acceptors (Lipinski definition) is 6. The Bertz CT molecular complexity index is 1040. The fourth-order valence-electron chi connectivity index (χ4n) is 2.57. The van der Waals surface area contributed by atoms with Gasteiger partial charge in [0.15, 0.2) is 0 Å². The highest BCUT2D eigenvalue weighted by Crippen LogP contribution is 2.34. The van der Waals surface area contributed by atoms with Gasteiger partial charge in [-0.15, -0.1) is 23.1 Å². The minimum absolute atomic E-state index is 0.0859. The van der Waals surface area contributed by atoms with Gasteiger partial charge in [0.1, 0.15) is 15.7 Å². The van der Waals surface area contributed by atoms with E-state index in [4.69, 9.17) is 5.73 Å². The average molecular weight is 439 g/mol. The number of nitrogens with two attached hydrogens (primary N) is 1. The summed E-state index contributed by atoms with van der Waals surface area (Å²) in [4.78, 5) is 21.6. The van der Waals surface area contributed by atoms with Gasteiger partial charge in [-0.05, 0) is 43.2 Å². The first-order valence-electron chi connectivity index (χ1n) is 8.43. The first kappa shape index (κ1) is 21.1. The van der Waals surface area contributed by atoms with Crippen molar-refractivity contribution >= 4 is 40.5 Å². The van der Waals surface area contributed by atoms with Crippen LogP contribution in [-0.2, 0) is 0 Å². The fraction of sp³-hybridized carbons (Fsp3) is 0.211. The summed E-state index contributed by atoms with van der Waals surface area (Å²) in [7, 11) is 0. The van der Waals surface area contributed by atoms with Gasteiger partial charge in [0.2, 0.25) is 0 Å². The first-order valence-corrected chi connectivity index (χ1v) is 10.2. The van der Waals surface area contributed by atoms with Crippen LogP contribution in [0.25, 0.3) is 10.6 Å². The number of aryl methyl sites for hydroxylation is 2. The van der Waals surface area contributed by atoms with Crippen LogP contribution < -0.4 is 11.1 Å². The largest absolute Gasteiger partial charge is 0.398 e. The molecule has 0 saturated carbocycles. The zero-order valence-electron chi connectivity index (χ0n) is 15.5. The second-order valence-electron chi connectivity index (χ2n) is 6.27. The van der Waals surface area contributed by atoms with Crippen molar-refractivity contribution < 1.29 is 18.0 Å². The van der Waals surface area contributed by atoms with Gasteiger partial charge in [-0.2, -0.15) is 13.2 Å². The number of alkyl halides is 3. The van der Waals surface area contributed by atoms with Gasteiger partial charge in [0, 0.05) is 28.5 Å². The Kier molecular flexibility index (Phi) is 6.13. The Morgan fingerprint density at radius 3 is 2.69 bits per heavy atom. The summed E-state index contributed by atoms with van der Waals surface area (Å²) < 4.78 is 37.7. The summed E-state index contributed by atoms with van der Waals surface area (Å²) >= 11 is 1.81. The minimum atomic E-state index is -4.27. The standard InChI is InChI=1S/C19H17F3N4OS2/c1-10-6-11(2)14(28-9-19(20,21)22)7-13(10)25-17(27)15-16(23)26-18(29-15)12-4-3-5-24-8-12/h3-8H,9,23H2,1-2H3,(H,25,27). The van der Waals surface area contributed by atoms with Gasteiger partial charge in [-0.1, -0.05) is 6.07 Å². The number of carbonyl (C=O) groups is 1. The Morgan fingerprint density at radius 2 is 2.03 bits per heavy atom. The molecule has 0 spiro atoms. The van der Waals surface area contributed by atoms with Crippen LogP contribution in [0.15, 0.2) is 41.6 Å². The molecule has 5 nitrogen and oxygen atoms in total. The van der Waals surface area contributed by atoms with Crippen molar-refractivity contribution in [2.24, 2.45) is 0 Å². The number of rotatable bonds is 5. The Hall–Kier alpha value is -2.59. The number of nitrogen functional groups attached to an aromatic ring is 1. The molecule has 0 bridgehead atoms. The molecule has 1 aromatic carbocycles. The third-order valence-corrected chi connectivity index (χ3v) is 6.27. The molecule has 2 aromatic heterocycles. The van der Waals surface area contributed by atoms with Gasteiger partial charge in [-0.25, -0.2) is 4.98 Å². The molecule has 3 rings (SSSR count). The fourth-order valence-corrected chi connectivity index (χ4v) is 4.25. The third kappa shape index (κ3) is 5.27. The number of nitrogens with one attached hydrogen (secondary N) is 1. The number of carbonyl (C=O) groups excluding carboxylic acids is 1. The van der Waals surface area contributed by atoms with Crippen molar-refractivity contribution in [3.63, 3.8) is 0 Å². The molecule has 0 aliphatic heterocycles. The molecule has 1 amide bonds. The summed E-state index contributed by atoms with van der Waals surface area (Å²) in [6, 6.07) is 6.85. The molecule has 0 fully saturated rings. The molecule has 0 radical (unpaired) electrons. The molecular formula is C19H17F3N4OS2. The number of amides is 1. The molecule has 0 atom stereocenters. The van der Waals surface area contributed by atoms with E-state index < -0.39 is 17.8 Å². The molecule has 0 saturated heterocycles.